The number of hydrogen-bond donors (Lipinski definition) is 1. The highest BCUT2D eigenvalue weighted by molar-refractivity contribution is 7.66. The smallest absolute Gasteiger partial charge is 0.0945 e. The normalized spacial score (nSPS) is 19.3. The second kappa shape index (κ2) is 8.25. The molecule has 3 rings (SSSR count). The summed E-state index contributed by atoms with van der Waals surface area (Å²) in [4.78, 5) is 0. The van der Waals surface area contributed by atoms with Gasteiger partial charge in [0.1, 0.15) is 0 Å². The highest BCUT2D eigenvalue weighted by Crippen LogP contribution is 2.55. The van der Waals surface area contributed by atoms with E-state index in [-0.39, 0.29) is 6.04 Å². The van der Waals surface area contributed by atoms with Crippen LogP contribution >= 0.6 is 8.07 Å². The van der Waals surface area contributed by atoms with Crippen molar-refractivity contribution in [1.82, 2.24) is 4.67 Å². The maximum absolute atomic E-state index is 10.8. The van der Waals surface area contributed by atoms with Crippen molar-refractivity contribution in [2.75, 3.05) is 7.05 Å². The Labute approximate surface area is 147 Å². The van der Waals surface area contributed by atoms with E-state index < -0.39 is 14.2 Å². The molecule has 24 heavy (non-hydrogen) atoms. The maximum Gasteiger partial charge on any atom is 0.0945 e. The molecule has 1 aliphatic rings. The Hall–Kier alpha value is -1.21. The van der Waals surface area contributed by atoms with Crippen LogP contribution in [0.25, 0.3) is 0 Å². The van der Waals surface area contributed by atoms with E-state index in [2.05, 4.69) is 68.6 Å². The third-order valence-corrected chi connectivity index (χ3v) is 6.96. The lowest BCUT2D eigenvalue weighted by molar-refractivity contribution is 0.110. The van der Waals surface area contributed by atoms with Gasteiger partial charge in [0, 0.05) is 19.8 Å². The number of benzene rings is 2. The van der Waals surface area contributed by atoms with E-state index in [1.807, 2.05) is 36.4 Å². The van der Waals surface area contributed by atoms with Crippen molar-refractivity contribution >= 4 is 13.4 Å². The number of aliphatic hydroxyl groups is 1. The van der Waals surface area contributed by atoms with E-state index in [9.17, 15) is 5.11 Å². The topological polar surface area (TPSA) is 23.5 Å². The van der Waals surface area contributed by atoms with Crippen LogP contribution in [-0.4, -0.2) is 22.9 Å². The first kappa shape index (κ1) is 17.6. The minimum atomic E-state index is -0.664. The number of aliphatic hydroxyl groups excluding tert-OH is 1. The molecule has 123 valence electrons. The molecule has 1 saturated carbocycles. The van der Waals surface area contributed by atoms with Crippen LogP contribution in [0.4, 0.5) is 0 Å². The predicted octanol–water partition coefficient (Wildman–Crippen LogP) is 4.13. The number of likely N-dealkylation sites (N-methyl/N-ethyl adjacent to an activating group) is 1. The Morgan fingerprint density at radius 3 is 2.00 bits per heavy atom. The predicted molar refractivity (Wildman–Crippen MR) is 102 cm³/mol. The van der Waals surface area contributed by atoms with Crippen molar-refractivity contribution < 1.29 is 5.11 Å². The van der Waals surface area contributed by atoms with Gasteiger partial charge >= 0.3 is 0 Å². The van der Waals surface area contributed by atoms with Gasteiger partial charge in [0.15, 0.2) is 0 Å². The molecule has 1 aliphatic carbocycles. The van der Waals surface area contributed by atoms with Crippen LogP contribution in [0.3, 0.4) is 0 Å². The number of nitrogens with zero attached hydrogens (tertiary/aromatic N) is 1. The Balaban J connectivity index is 1.83. The summed E-state index contributed by atoms with van der Waals surface area (Å²) in [5.74, 6) is 0. The second-order valence-electron chi connectivity index (χ2n) is 5.96. The zero-order valence-corrected chi connectivity index (χ0v) is 15.0. The molecule has 0 unspecified atom stereocenters. The molecule has 0 bridgehead atoms. The van der Waals surface area contributed by atoms with Gasteiger partial charge in [-0.25, -0.2) is 0 Å². The van der Waals surface area contributed by atoms with Gasteiger partial charge in [-0.05, 0) is 50.5 Å². The molecule has 1 fully saturated rings. The van der Waals surface area contributed by atoms with Gasteiger partial charge in [-0.3, -0.25) is 4.67 Å². The van der Waals surface area contributed by atoms with Crippen LogP contribution < -0.4 is 5.30 Å². The fourth-order valence-corrected chi connectivity index (χ4v) is 5.33. The van der Waals surface area contributed by atoms with Crippen molar-refractivity contribution in [2.45, 2.75) is 19.1 Å². The highest BCUT2D eigenvalue weighted by Gasteiger charge is 2.34. The average Bonchev–Trinajstić information content (AvgIpc) is 3.16. The van der Waals surface area contributed by atoms with Crippen molar-refractivity contribution in [3.63, 3.8) is 0 Å². The van der Waals surface area contributed by atoms with Crippen molar-refractivity contribution in [3.05, 3.63) is 97.6 Å². The van der Waals surface area contributed by atoms with E-state index in [0.29, 0.717) is 0 Å². The van der Waals surface area contributed by atoms with Gasteiger partial charge in [-0.15, -0.1) is 0 Å². The van der Waals surface area contributed by atoms with E-state index in [1.54, 1.807) is 0 Å². The molecule has 5 radical (unpaired) electrons. The Kier molecular flexibility index (Phi) is 6.05. The van der Waals surface area contributed by atoms with E-state index in [1.165, 1.54) is 11.0 Å². The molecule has 2 nitrogen and oxygen atoms in total. The van der Waals surface area contributed by atoms with Crippen LogP contribution in [0.2, 0.25) is 0 Å². The Morgan fingerprint density at radius 2 is 1.42 bits per heavy atom. The third kappa shape index (κ3) is 3.88. The molecule has 3 heteroatoms. The van der Waals surface area contributed by atoms with E-state index >= 15 is 0 Å². The zero-order valence-electron chi connectivity index (χ0n) is 14.1. The molecular weight excluding hydrogens is 313 g/mol. The first-order valence-corrected chi connectivity index (χ1v) is 9.50. The number of hydrogen-bond acceptors (Lipinski definition) is 2. The summed E-state index contributed by atoms with van der Waals surface area (Å²) in [6.45, 7) is 2.10. The van der Waals surface area contributed by atoms with Crippen molar-refractivity contribution in [3.8, 4) is 0 Å². The molecule has 2 aromatic carbocycles. The largest absolute Gasteiger partial charge is 0.387 e. The minimum Gasteiger partial charge on any atom is -0.387 e. The van der Waals surface area contributed by atoms with Crippen molar-refractivity contribution in [1.29, 1.82) is 0 Å². The molecular formula is C21H23NOP. The highest BCUT2D eigenvalue weighted by atomic mass is 31.1. The van der Waals surface area contributed by atoms with Gasteiger partial charge < -0.3 is 5.11 Å². The van der Waals surface area contributed by atoms with Gasteiger partial charge in [-0.2, -0.15) is 0 Å². The van der Waals surface area contributed by atoms with Crippen LogP contribution in [-0.2, 0) is 0 Å². The maximum atomic E-state index is 10.8. The first-order valence-electron chi connectivity index (χ1n) is 8.21. The van der Waals surface area contributed by atoms with Gasteiger partial charge in [0.2, 0.25) is 0 Å². The summed E-state index contributed by atoms with van der Waals surface area (Å²) in [5.41, 5.74) is 2.27. The summed E-state index contributed by atoms with van der Waals surface area (Å²) < 4.78 is 2.32. The standard InChI is InChI=1S/C21H23NOP/c1-17(21(23)18-11-5-3-6-12-18)22(2)24(20-15-9-10-16-20)19-13-7-4-8-14-19/h3-17,21,23H,1-2H3/t17-,21-,24+/m1/s1. The summed E-state index contributed by atoms with van der Waals surface area (Å²) >= 11 is 0. The fourth-order valence-electron chi connectivity index (χ4n) is 2.90. The Morgan fingerprint density at radius 1 is 0.875 bits per heavy atom. The minimum absolute atomic E-state index is 0.00798. The summed E-state index contributed by atoms with van der Waals surface area (Å²) in [6, 6.07) is 20.5. The Bertz CT molecular complexity index is 612. The average molecular weight is 336 g/mol. The van der Waals surface area contributed by atoms with Crippen LogP contribution in [0.15, 0.2) is 60.7 Å². The molecule has 0 amide bonds. The molecule has 1 N–H and O–H groups in total. The lowest BCUT2D eigenvalue weighted by Gasteiger charge is -2.38. The molecule has 0 heterocycles. The van der Waals surface area contributed by atoms with Crippen LogP contribution in [0.5, 0.6) is 0 Å². The lowest BCUT2D eigenvalue weighted by Crippen LogP contribution is -2.34. The quantitative estimate of drug-likeness (QED) is 0.802. The van der Waals surface area contributed by atoms with Gasteiger partial charge in [0.05, 0.1) is 6.10 Å². The second-order valence-corrected chi connectivity index (χ2v) is 8.25. The first-order chi connectivity index (χ1) is 11.7. The number of rotatable bonds is 6. The van der Waals surface area contributed by atoms with Crippen molar-refractivity contribution in [2.24, 2.45) is 0 Å². The fraction of sp³-hybridized carbons (Fsp3) is 0.190. The zero-order chi connectivity index (χ0) is 16.9. The monoisotopic (exact) mass is 336 g/mol. The molecule has 0 saturated heterocycles. The van der Waals surface area contributed by atoms with Gasteiger partial charge in [-0.1, -0.05) is 60.7 Å². The summed E-state index contributed by atoms with van der Waals surface area (Å²) in [6.07, 6.45) is 8.01. The third-order valence-electron chi connectivity index (χ3n) is 4.39. The summed E-state index contributed by atoms with van der Waals surface area (Å²) in [7, 11) is 1.45. The van der Waals surface area contributed by atoms with Gasteiger partial charge in [0.25, 0.3) is 0 Å². The van der Waals surface area contributed by atoms with Crippen LogP contribution in [0, 0.1) is 31.3 Å². The van der Waals surface area contributed by atoms with Crippen LogP contribution in [0.1, 0.15) is 18.6 Å². The molecule has 0 aromatic heterocycles. The van der Waals surface area contributed by atoms with E-state index in [0.717, 1.165) is 5.56 Å². The lowest BCUT2D eigenvalue weighted by atomic mass is 10.0. The van der Waals surface area contributed by atoms with E-state index in [4.69, 9.17) is 0 Å². The molecule has 2 aromatic rings. The summed E-state index contributed by atoms with van der Waals surface area (Å²) in [5, 5.41) is 12.1. The molecule has 3 atom stereocenters. The SMILES string of the molecule is C[C@H]([C@@H](O)c1ccccc1)N(C)[P@]([C]1[CH][CH][CH][CH]1)c1ccccc1. The molecule has 0 aliphatic heterocycles. The molecule has 0 spiro atoms.